The first kappa shape index (κ1) is 19.9. The van der Waals surface area contributed by atoms with Gasteiger partial charge in [-0.1, -0.05) is 24.3 Å². The molecule has 1 heterocycles. The zero-order valence-corrected chi connectivity index (χ0v) is 15.7. The summed E-state index contributed by atoms with van der Waals surface area (Å²) in [7, 11) is 1.27. The molecule has 1 aromatic heterocycles. The highest BCUT2D eigenvalue weighted by molar-refractivity contribution is 6.06. The summed E-state index contributed by atoms with van der Waals surface area (Å²) in [5.41, 5.74) is 1.67. The van der Waals surface area contributed by atoms with Crippen LogP contribution in [0.1, 0.15) is 26.4 Å². The van der Waals surface area contributed by atoms with Gasteiger partial charge in [0.15, 0.2) is 0 Å². The molecule has 8 heteroatoms. The number of halogens is 1. The molecule has 0 spiro atoms. The van der Waals surface area contributed by atoms with Gasteiger partial charge in [0.05, 0.1) is 30.8 Å². The Morgan fingerprint density at radius 3 is 2.48 bits per heavy atom. The van der Waals surface area contributed by atoms with Gasteiger partial charge in [-0.05, 0) is 36.2 Å². The van der Waals surface area contributed by atoms with Crippen molar-refractivity contribution in [1.82, 2.24) is 9.97 Å². The lowest BCUT2D eigenvalue weighted by Crippen LogP contribution is -2.17. The van der Waals surface area contributed by atoms with E-state index in [1.54, 1.807) is 36.4 Å². The largest absolute Gasteiger partial charge is 0.465 e. The van der Waals surface area contributed by atoms with Gasteiger partial charge in [0.1, 0.15) is 17.3 Å². The number of esters is 1. The number of nitrogens with zero attached hydrogens (tertiary/aromatic N) is 2. The zero-order chi connectivity index (χ0) is 20.6. The number of benzene rings is 2. The average Bonchev–Trinajstić information content (AvgIpc) is 2.75. The van der Waals surface area contributed by atoms with Crippen LogP contribution in [0.5, 0.6) is 0 Å². The van der Waals surface area contributed by atoms with E-state index in [2.05, 4.69) is 20.6 Å². The van der Waals surface area contributed by atoms with E-state index in [-0.39, 0.29) is 17.1 Å². The average molecular weight is 394 g/mol. The lowest BCUT2D eigenvalue weighted by Gasteiger charge is -2.09. The second kappa shape index (κ2) is 9.41. The third-order valence-electron chi connectivity index (χ3n) is 4.10. The molecule has 0 radical (unpaired) electrons. The quantitative estimate of drug-likeness (QED) is 0.597. The minimum absolute atomic E-state index is 0.105. The third kappa shape index (κ3) is 5.35. The third-order valence-corrected chi connectivity index (χ3v) is 4.10. The van der Waals surface area contributed by atoms with Crippen molar-refractivity contribution >= 4 is 23.4 Å². The fraction of sp³-hybridized carbons (Fsp3) is 0.143. The zero-order valence-electron chi connectivity index (χ0n) is 15.7. The first-order chi connectivity index (χ1) is 14.1. The monoisotopic (exact) mass is 394 g/mol. The number of hydrogen-bond acceptors (Lipinski definition) is 6. The van der Waals surface area contributed by atoms with Crippen molar-refractivity contribution in [1.29, 1.82) is 0 Å². The molecule has 0 aliphatic rings. The predicted molar refractivity (Wildman–Crippen MR) is 106 cm³/mol. The van der Waals surface area contributed by atoms with Crippen LogP contribution < -0.4 is 10.6 Å². The van der Waals surface area contributed by atoms with E-state index < -0.39 is 11.9 Å². The Morgan fingerprint density at radius 2 is 1.79 bits per heavy atom. The summed E-state index contributed by atoms with van der Waals surface area (Å²) in [6, 6.07) is 12.8. The second-order valence-corrected chi connectivity index (χ2v) is 6.08. The van der Waals surface area contributed by atoms with E-state index >= 15 is 0 Å². The summed E-state index contributed by atoms with van der Waals surface area (Å²) in [6.07, 6.45) is 3.48. The van der Waals surface area contributed by atoms with Gasteiger partial charge in [-0.2, -0.15) is 0 Å². The smallest absolute Gasteiger partial charge is 0.339 e. The summed E-state index contributed by atoms with van der Waals surface area (Å²) in [5.74, 6) is -0.798. The van der Waals surface area contributed by atoms with Crippen molar-refractivity contribution in [2.45, 2.75) is 6.42 Å². The van der Waals surface area contributed by atoms with Gasteiger partial charge in [0.2, 0.25) is 0 Å². The summed E-state index contributed by atoms with van der Waals surface area (Å²) in [4.78, 5) is 32.5. The van der Waals surface area contributed by atoms with Crippen molar-refractivity contribution in [3.8, 4) is 0 Å². The van der Waals surface area contributed by atoms with Crippen molar-refractivity contribution in [3.63, 3.8) is 0 Å². The molecule has 0 unspecified atom stereocenters. The molecule has 3 aromatic rings. The number of hydrogen-bond donors (Lipinski definition) is 2. The van der Waals surface area contributed by atoms with Gasteiger partial charge >= 0.3 is 5.97 Å². The highest BCUT2D eigenvalue weighted by atomic mass is 19.1. The van der Waals surface area contributed by atoms with E-state index in [0.29, 0.717) is 24.5 Å². The number of ether oxygens (including phenoxy) is 1. The molecule has 0 aliphatic heterocycles. The molecule has 0 atom stereocenters. The Balaban J connectivity index is 1.58. The number of rotatable bonds is 7. The number of aromatic nitrogens is 2. The molecular formula is C21H19FN4O3. The van der Waals surface area contributed by atoms with Crippen LogP contribution in [0.25, 0.3) is 0 Å². The number of nitrogens with one attached hydrogen (secondary N) is 2. The van der Waals surface area contributed by atoms with Crippen LogP contribution in [0.2, 0.25) is 0 Å². The Hall–Kier alpha value is -3.81. The summed E-state index contributed by atoms with van der Waals surface area (Å²) >= 11 is 0. The van der Waals surface area contributed by atoms with E-state index in [0.717, 1.165) is 5.56 Å². The number of carbonyl (C=O) groups is 2. The molecule has 3 rings (SSSR count). The van der Waals surface area contributed by atoms with Crippen LogP contribution in [0.15, 0.2) is 60.9 Å². The molecule has 0 bridgehead atoms. The molecule has 0 saturated heterocycles. The van der Waals surface area contributed by atoms with Crippen molar-refractivity contribution in [2.24, 2.45) is 0 Å². The first-order valence-corrected chi connectivity index (χ1v) is 8.86. The Kier molecular flexibility index (Phi) is 6.47. The minimum atomic E-state index is -0.548. The molecule has 7 nitrogen and oxygen atoms in total. The van der Waals surface area contributed by atoms with Gasteiger partial charge in [-0.25, -0.2) is 19.2 Å². The minimum Gasteiger partial charge on any atom is -0.465 e. The maximum atomic E-state index is 12.9. The molecule has 1 amide bonds. The van der Waals surface area contributed by atoms with Crippen LogP contribution in [0.4, 0.5) is 15.9 Å². The van der Waals surface area contributed by atoms with Gasteiger partial charge in [0.25, 0.3) is 5.91 Å². The van der Waals surface area contributed by atoms with Crippen LogP contribution in [0.3, 0.4) is 0 Å². The van der Waals surface area contributed by atoms with E-state index in [1.807, 2.05) is 0 Å². The standard InChI is InChI=1S/C21H19FN4O3/c1-29-21(28)16-4-2-3-5-17(16)26-20(27)18-12-25-19(13-24-18)23-11-10-14-6-8-15(22)9-7-14/h2-9,12-13H,10-11H2,1H3,(H,23,25)(H,26,27). The van der Waals surface area contributed by atoms with Crippen LogP contribution in [-0.2, 0) is 11.2 Å². The molecule has 29 heavy (non-hydrogen) atoms. The van der Waals surface area contributed by atoms with E-state index in [9.17, 15) is 14.0 Å². The molecule has 0 fully saturated rings. The maximum absolute atomic E-state index is 12.9. The maximum Gasteiger partial charge on any atom is 0.339 e. The number of amides is 1. The van der Waals surface area contributed by atoms with Crippen molar-refractivity contribution < 1.29 is 18.7 Å². The van der Waals surface area contributed by atoms with Gasteiger partial charge in [-0.3, -0.25) is 4.79 Å². The molecular weight excluding hydrogens is 375 g/mol. The van der Waals surface area contributed by atoms with Gasteiger partial charge in [0, 0.05) is 6.54 Å². The SMILES string of the molecule is COC(=O)c1ccccc1NC(=O)c1cnc(NCCc2ccc(F)cc2)cn1. The fourth-order valence-corrected chi connectivity index (χ4v) is 2.59. The fourth-order valence-electron chi connectivity index (χ4n) is 2.59. The second-order valence-electron chi connectivity index (χ2n) is 6.08. The predicted octanol–water partition coefficient (Wildman–Crippen LogP) is 3.31. The normalized spacial score (nSPS) is 10.3. The summed E-state index contributed by atoms with van der Waals surface area (Å²) < 4.78 is 17.6. The molecule has 148 valence electrons. The summed E-state index contributed by atoms with van der Waals surface area (Å²) in [5, 5.41) is 5.73. The Labute approximate surface area is 167 Å². The summed E-state index contributed by atoms with van der Waals surface area (Å²) in [6.45, 7) is 0.582. The van der Waals surface area contributed by atoms with Crippen LogP contribution in [0, 0.1) is 5.82 Å². The number of methoxy groups -OCH3 is 1. The van der Waals surface area contributed by atoms with E-state index in [4.69, 9.17) is 4.74 Å². The molecule has 0 aliphatic carbocycles. The van der Waals surface area contributed by atoms with Crippen LogP contribution in [-0.4, -0.2) is 35.5 Å². The highest BCUT2D eigenvalue weighted by Crippen LogP contribution is 2.17. The lowest BCUT2D eigenvalue weighted by atomic mass is 10.1. The Bertz CT molecular complexity index is 992. The molecule has 0 saturated carbocycles. The molecule has 2 aromatic carbocycles. The number of para-hydroxylation sites is 1. The Morgan fingerprint density at radius 1 is 1.03 bits per heavy atom. The lowest BCUT2D eigenvalue weighted by molar-refractivity contribution is 0.0602. The number of anilines is 2. The number of carbonyl (C=O) groups excluding carboxylic acids is 2. The first-order valence-electron chi connectivity index (χ1n) is 8.86. The van der Waals surface area contributed by atoms with Crippen molar-refractivity contribution in [2.75, 3.05) is 24.3 Å². The van der Waals surface area contributed by atoms with Gasteiger partial charge < -0.3 is 15.4 Å². The highest BCUT2D eigenvalue weighted by Gasteiger charge is 2.15. The molecule has 2 N–H and O–H groups in total. The van der Waals surface area contributed by atoms with Gasteiger partial charge in [-0.15, -0.1) is 0 Å². The van der Waals surface area contributed by atoms with Crippen LogP contribution >= 0.6 is 0 Å². The van der Waals surface area contributed by atoms with E-state index in [1.165, 1.54) is 31.6 Å². The van der Waals surface area contributed by atoms with Crippen molar-refractivity contribution in [3.05, 3.63) is 83.6 Å². The topological polar surface area (TPSA) is 93.2 Å².